The summed E-state index contributed by atoms with van der Waals surface area (Å²) in [6.45, 7) is 5.32. The molecule has 3 heteroatoms. The Balaban J connectivity index is 3.10. The van der Waals surface area contributed by atoms with Crippen LogP contribution >= 0.6 is 0 Å². The van der Waals surface area contributed by atoms with Crippen molar-refractivity contribution in [1.82, 2.24) is 0 Å². The third kappa shape index (κ3) is 2.46. The maximum absolute atomic E-state index is 12.9. The summed E-state index contributed by atoms with van der Waals surface area (Å²) >= 11 is 0. The molecular formula is C13H14FNO. The molecular weight excluding hydrogens is 205 g/mol. The molecule has 1 aromatic carbocycles. The van der Waals surface area contributed by atoms with Crippen LogP contribution in [0.4, 0.5) is 4.39 Å². The molecule has 1 unspecified atom stereocenters. The van der Waals surface area contributed by atoms with Crippen molar-refractivity contribution in [2.75, 3.05) is 0 Å². The van der Waals surface area contributed by atoms with Gasteiger partial charge in [-0.3, -0.25) is 4.79 Å². The minimum atomic E-state index is -0.663. The molecule has 0 N–H and O–H groups in total. The minimum absolute atomic E-state index is 0.0399. The first-order valence-electron chi connectivity index (χ1n) is 5.17. The molecule has 0 aromatic heterocycles. The number of nitriles is 1. The number of Topliss-reactive ketones (excluding diaryl/α,β-unsaturated/α-hetero) is 1. The number of halogens is 1. The van der Waals surface area contributed by atoms with Crippen LogP contribution in [0.1, 0.15) is 29.8 Å². The number of nitrogens with zero attached hydrogens (tertiary/aromatic N) is 1. The topological polar surface area (TPSA) is 40.9 Å². The van der Waals surface area contributed by atoms with Crippen LogP contribution in [0.15, 0.2) is 18.2 Å². The van der Waals surface area contributed by atoms with Gasteiger partial charge in [0.05, 0.1) is 6.07 Å². The molecule has 0 saturated heterocycles. The van der Waals surface area contributed by atoms with Crippen molar-refractivity contribution < 1.29 is 9.18 Å². The quantitative estimate of drug-likeness (QED) is 0.733. The van der Waals surface area contributed by atoms with Crippen molar-refractivity contribution in [3.05, 3.63) is 35.1 Å². The van der Waals surface area contributed by atoms with Gasteiger partial charge in [0.1, 0.15) is 11.7 Å². The summed E-state index contributed by atoms with van der Waals surface area (Å²) < 4.78 is 12.9. The molecule has 16 heavy (non-hydrogen) atoms. The van der Waals surface area contributed by atoms with Gasteiger partial charge in [-0.25, -0.2) is 4.39 Å². The molecule has 0 fully saturated rings. The van der Waals surface area contributed by atoms with Gasteiger partial charge in [-0.15, -0.1) is 0 Å². The summed E-state index contributed by atoms with van der Waals surface area (Å²) in [5, 5.41) is 8.93. The Morgan fingerprint density at radius 1 is 1.44 bits per heavy atom. The fourth-order valence-corrected chi connectivity index (χ4v) is 1.58. The summed E-state index contributed by atoms with van der Waals surface area (Å²) in [5.41, 5.74) is 1.01. The molecule has 0 saturated carbocycles. The molecule has 0 bridgehead atoms. The van der Waals surface area contributed by atoms with Crippen molar-refractivity contribution in [2.45, 2.75) is 20.8 Å². The van der Waals surface area contributed by atoms with Crippen LogP contribution in [-0.4, -0.2) is 5.78 Å². The molecule has 84 valence electrons. The highest BCUT2D eigenvalue weighted by molar-refractivity contribution is 6.00. The Kier molecular flexibility index (Phi) is 3.78. The second-order valence-corrected chi connectivity index (χ2v) is 4.17. The zero-order valence-corrected chi connectivity index (χ0v) is 9.62. The number of hydrogen-bond acceptors (Lipinski definition) is 2. The van der Waals surface area contributed by atoms with Gasteiger partial charge in [-0.1, -0.05) is 13.8 Å². The Bertz CT molecular complexity index is 446. The zero-order valence-electron chi connectivity index (χ0n) is 9.62. The molecule has 1 rings (SSSR count). The van der Waals surface area contributed by atoms with E-state index in [1.54, 1.807) is 6.92 Å². The Morgan fingerprint density at radius 2 is 2.06 bits per heavy atom. The standard InChI is InChI=1S/C13H14FNO/c1-8(2)12(7-15)13(16)11-5-4-10(14)6-9(11)3/h4-6,8,12H,1-3H3. The fraction of sp³-hybridized carbons (Fsp3) is 0.385. The number of carbonyl (C=O) groups excluding carboxylic acids is 1. The van der Waals surface area contributed by atoms with Crippen molar-refractivity contribution >= 4 is 5.78 Å². The van der Waals surface area contributed by atoms with Gasteiger partial charge < -0.3 is 0 Å². The average Bonchev–Trinajstić information content (AvgIpc) is 2.17. The van der Waals surface area contributed by atoms with Crippen LogP contribution in [-0.2, 0) is 0 Å². The first kappa shape index (κ1) is 12.4. The molecule has 1 atom stereocenters. The highest BCUT2D eigenvalue weighted by atomic mass is 19.1. The summed E-state index contributed by atoms with van der Waals surface area (Å²) in [6.07, 6.45) is 0. The lowest BCUT2D eigenvalue weighted by molar-refractivity contribution is 0.0924. The minimum Gasteiger partial charge on any atom is -0.293 e. The highest BCUT2D eigenvalue weighted by Gasteiger charge is 2.24. The maximum atomic E-state index is 12.9. The van der Waals surface area contributed by atoms with E-state index in [9.17, 15) is 9.18 Å². The van der Waals surface area contributed by atoms with E-state index in [2.05, 4.69) is 0 Å². The predicted molar refractivity (Wildman–Crippen MR) is 59.4 cm³/mol. The van der Waals surface area contributed by atoms with E-state index in [-0.39, 0.29) is 17.5 Å². The Hall–Kier alpha value is -1.69. The second kappa shape index (κ2) is 4.89. The highest BCUT2D eigenvalue weighted by Crippen LogP contribution is 2.19. The summed E-state index contributed by atoms with van der Waals surface area (Å²) in [5.74, 6) is -1.30. The lowest BCUT2D eigenvalue weighted by Crippen LogP contribution is -2.19. The maximum Gasteiger partial charge on any atom is 0.180 e. The molecule has 0 aliphatic heterocycles. The van der Waals surface area contributed by atoms with Gasteiger partial charge in [0.2, 0.25) is 0 Å². The Morgan fingerprint density at radius 3 is 2.50 bits per heavy atom. The largest absolute Gasteiger partial charge is 0.293 e. The first-order chi connectivity index (χ1) is 7.47. The van der Waals surface area contributed by atoms with Crippen molar-refractivity contribution in [1.29, 1.82) is 5.26 Å². The number of aryl methyl sites for hydroxylation is 1. The van der Waals surface area contributed by atoms with Crippen molar-refractivity contribution in [3.63, 3.8) is 0 Å². The fourth-order valence-electron chi connectivity index (χ4n) is 1.58. The van der Waals surface area contributed by atoms with E-state index < -0.39 is 5.92 Å². The number of benzene rings is 1. The molecule has 0 aliphatic carbocycles. The van der Waals surface area contributed by atoms with Gasteiger partial charge in [0.25, 0.3) is 0 Å². The smallest absolute Gasteiger partial charge is 0.180 e. The molecule has 0 aliphatic rings. The van der Waals surface area contributed by atoms with E-state index in [1.165, 1.54) is 18.2 Å². The van der Waals surface area contributed by atoms with Crippen LogP contribution in [0.2, 0.25) is 0 Å². The lowest BCUT2D eigenvalue weighted by atomic mass is 9.87. The molecule has 2 nitrogen and oxygen atoms in total. The normalized spacial score (nSPS) is 12.2. The van der Waals surface area contributed by atoms with E-state index in [1.807, 2.05) is 19.9 Å². The Labute approximate surface area is 94.7 Å². The van der Waals surface area contributed by atoms with Gasteiger partial charge in [0.15, 0.2) is 5.78 Å². The van der Waals surface area contributed by atoms with Gasteiger partial charge in [-0.05, 0) is 36.6 Å². The van der Waals surface area contributed by atoms with Crippen molar-refractivity contribution in [2.24, 2.45) is 11.8 Å². The molecule has 0 spiro atoms. The van der Waals surface area contributed by atoms with Gasteiger partial charge >= 0.3 is 0 Å². The molecule has 0 radical (unpaired) electrons. The summed E-state index contributed by atoms with van der Waals surface area (Å²) in [7, 11) is 0. The van der Waals surface area contributed by atoms with Crippen LogP contribution in [0.3, 0.4) is 0 Å². The first-order valence-corrected chi connectivity index (χ1v) is 5.17. The summed E-state index contributed by atoms with van der Waals surface area (Å²) in [4.78, 5) is 12.0. The lowest BCUT2D eigenvalue weighted by Gasteiger charge is -2.13. The van der Waals surface area contributed by atoms with E-state index in [0.717, 1.165) is 0 Å². The molecule has 0 amide bonds. The van der Waals surface area contributed by atoms with E-state index in [4.69, 9.17) is 5.26 Å². The summed E-state index contributed by atoms with van der Waals surface area (Å²) in [6, 6.07) is 6.00. The third-order valence-electron chi connectivity index (χ3n) is 2.54. The van der Waals surface area contributed by atoms with Crippen LogP contribution in [0.25, 0.3) is 0 Å². The number of hydrogen-bond donors (Lipinski definition) is 0. The van der Waals surface area contributed by atoms with Crippen LogP contribution in [0, 0.1) is 35.9 Å². The van der Waals surface area contributed by atoms with Gasteiger partial charge in [-0.2, -0.15) is 5.26 Å². The number of ketones is 1. The van der Waals surface area contributed by atoms with Gasteiger partial charge in [0, 0.05) is 5.56 Å². The monoisotopic (exact) mass is 219 g/mol. The van der Waals surface area contributed by atoms with Crippen LogP contribution < -0.4 is 0 Å². The third-order valence-corrected chi connectivity index (χ3v) is 2.54. The van der Waals surface area contributed by atoms with E-state index in [0.29, 0.717) is 11.1 Å². The average molecular weight is 219 g/mol. The number of carbonyl (C=O) groups is 1. The zero-order chi connectivity index (χ0) is 12.3. The number of rotatable bonds is 3. The second-order valence-electron chi connectivity index (χ2n) is 4.17. The SMILES string of the molecule is Cc1cc(F)ccc1C(=O)C(C#N)C(C)C. The van der Waals surface area contributed by atoms with Crippen molar-refractivity contribution in [3.8, 4) is 6.07 Å². The van der Waals surface area contributed by atoms with E-state index >= 15 is 0 Å². The molecule has 1 aromatic rings. The van der Waals surface area contributed by atoms with Crippen LogP contribution in [0.5, 0.6) is 0 Å². The predicted octanol–water partition coefficient (Wildman–Crippen LogP) is 3.11. The molecule has 0 heterocycles.